The lowest BCUT2D eigenvalue weighted by Crippen LogP contribution is -2.36. The van der Waals surface area contributed by atoms with E-state index >= 15 is 0 Å². The minimum absolute atomic E-state index is 0.0790. The quantitative estimate of drug-likeness (QED) is 0.761. The topological polar surface area (TPSA) is 52.8 Å². The lowest BCUT2D eigenvalue weighted by Gasteiger charge is -2.29. The Morgan fingerprint density at radius 1 is 1.33 bits per heavy atom. The molecule has 1 aliphatic rings. The summed E-state index contributed by atoms with van der Waals surface area (Å²) in [7, 11) is 0. The molecule has 0 N–H and O–H groups in total. The molecule has 1 saturated heterocycles. The molecular formula is C14H20N4. The number of anilines is 1. The van der Waals surface area contributed by atoms with E-state index in [9.17, 15) is 0 Å². The molecule has 0 amide bonds. The maximum absolute atomic E-state index is 8.99. The van der Waals surface area contributed by atoms with Crippen LogP contribution < -0.4 is 4.90 Å². The summed E-state index contributed by atoms with van der Waals surface area (Å²) in [5.41, 5.74) is 1.22. The molecule has 0 saturated carbocycles. The first-order valence-electron chi connectivity index (χ1n) is 6.48. The molecule has 1 unspecified atom stereocenters. The summed E-state index contributed by atoms with van der Waals surface area (Å²) in [4.78, 5) is 11.0. The highest BCUT2D eigenvalue weighted by molar-refractivity contribution is 5.32. The number of rotatable bonds is 1. The molecule has 2 heterocycles. The monoisotopic (exact) mass is 244 g/mol. The van der Waals surface area contributed by atoms with Crippen molar-refractivity contribution in [2.45, 2.75) is 39.0 Å². The first kappa shape index (κ1) is 12.8. The molecule has 0 bridgehead atoms. The Kier molecular flexibility index (Phi) is 3.51. The second kappa shape index (κ2) is 4.93. The van der Waals surface area contributed by atoms with Gasteiger partial charge in [-0.05, 0) is 23.8 Å². The average Bonchev–Trinajstić information content (AvgIpc) is 2.38. The normalized spacial score (nSPS) is 20.6. The van der Waals surface area contributed by atoms with Crippen molar-refractivity contribution in [1.82, 2.24) is 9.97 Å². The Morgan fingerprint density at radius 2 is 2.00 bits per heavy atom. The van der Waals surface area contributed by atoms with Crippen LogP contribution in [0, 0.1) is 17.2 Å². The van der Waals surface area contributed by atoms with Gasteiger partial charge in [0.25, 0.3) is 0 Å². The van der Waals surface area contributed by atoms with Gasteiger partial charge in [0.15, 0.2) is 0 Å². The fourth-order valence-electron chi connectivity index (χ4n) is 2.14. The number of piperidine rings is 1. The van der Waals surface area contributed by atoms with Crippen LogP contribution in [-0.4, -0.2) is 23.1 Å². The zero-order valence-electron chi connectivity index (χ0n) is 11.3. The van der Waals surface area contributed by atoms with E-state index in [0.717, 1.165) is 37.4 Å². The van der Waals surface area contributed by atoms with Crippen molar-refractivity contribution in [3.05, 3.63) is 18.0 Å². The zero-order valence-corrected chi connectivity index (χ0v) is 11.3. The van der Waals surface area contributed by atoms with E-state index in [1.807, 2.05) is 12.4 Å². The molecule has 0 aromatic carbocycles. The molecule has 96 valence electrons. The van der Waals surface area contributed by atoms with Crippen molar-refractivity contribution in [3.63, 3.8) is 0 Å². The zero-order chi connectivity index (χ0) is 13.2. The molecular weight excluding hydrogens is 224 g/mol. The van der Waals surface area contributed by atoms with Crippen LogP contribution in [0.25, 0.3) is 0 Å². The molecule has 18 heavy (non-hydrogen) atoms. The van der Waals surface area contributed by atoms with Gasteiger partial charge >= 0.3 is 0 Å². The number of nitriles is 1. The fourth-order valence-corrected chi connectivity index (χ4v) is 2.14. The highest BCUT2D eigenvalue weighted by atomic mass is 15.2. The lowest BCUT2D eigenvalue weighted by molar-refractivity contribution is 0.486. The third-order valence-corrected chi connectivity index (χ3v) is 3.39. The molecule has 4 heteroatoms. The van der Waals surface area contributed by atoms with Gasteiger partial charge in [-0.2, -0.15) is 5.26 Å². The molecule has 1 aromatic heterocycles. The number of hydrogen-bond acceptors (Lipinski definition) is 4. The van der Waals surface area contributed by atoms with Crippen molar-refractivity contribution in [1.29, 1.82) is 5.26 Å². The van der Waals surface area contributed by atoms with Crippen LogP contribution in [0.5, 0.6) is 0 Å². The summed E-state index contributed by atoms with van der Waals surface area (Å²) >= 11 is 0. The van der Waals surface area contributed by atoms with E-state index in [0.29, 0.717) is 0 Å². The summed E-state index contributed by atoms with van der Waals surface area (Å²) < 4.78 is 0. The van der Waals surface area contributed by atoms with Crippen LogP contribution in [-0.2, 0) is 5.41 Å². The first-order chi connectivity index (χ1) is 8.50. The van der Waals surface area contributed by atoms with Crippen molar-refractivity contribution >= 4 is 5.95 Å². The van der Waals surface area contributed by atoms with Crippen LogP contribution in [0.15, 0.2) is 12.4 Å². The van der Waals surface area contributed by atoms with Gasteiger partial charge < -0.3 is 4.90 Å². The van der Waals surface area contributed by atoms with Gasteiger partial charge in [0.1, 0.15) is 0 Å². The molecule has 1 aromatic rings. The van der Waals surface area contributed by atoms with Crippen LogP contribution >= 0.6 is 0 Å². The second-order valence-electron chi connectivity index (χ2n) is 5.94. The average molecular weight is 244 g/mol. The van der Waals surface area contributed by atoms with E-state index in [2.05, 4.69) is 41.7 Å². The summed E-state index contributed by atoms with van der Waals surface area (Å²) in [6.45, 7) is 8.16. The van der Waals surface area contributed by atoms with Gasteiger partial charge in [-0.25, -0.2) is 9.97 Å². The molecule has 4 nitrogen and oxygen atoms in total. The predicted molar refractivity (Wildman–Crippen MR) is 71.3 cm³/mol. The summed E-state index contributed by atoms with van der Waals surface area (Å²) in [5.74, 6) is 0.868. The Labute approximate surface area is 109 Å². The predicted octanol–water partition coefficient (Wildman–Crippen LogP) is 2.51. The molecule has 1 aliphatic heterocycles. The van der Waals surface area contributed by atoms with Gasteiger partial charge in [0.05, 0.1) is 12.0 Å². The maximum Gasteiger partial charge on any atom is 0.225 e. The maximum atomic E-state index is 8.99. The van der Waals surface area contributed by atoms with Crippen molar-refractivity contribution in [2.24, 2.45) is 5.92 Å². The minimum Gasteiger partial charge on any atom is -0.340 e. The Hall–Kier alpha value is -1.63. The minimum atomic E-state index is 0.0790. The van der Waals surface area contributed by atoms with Gasteiger partial charge in [0, 0.05) is 25.5 Å². The summed E-state index contributed by atoms with van der Waals surface area (Å²) in [6.07, 6.45) is 5.84. The van der Waals surface area contributed by atoms with E-state index in [-0.39, 0.29) is 11.3 Å². The lowest BCUT2D eigenvalue weighted by atomic mass is 9.89. The summed E-state index contributed by atoms with van der Waals surface area (Å²) in [5, 5.41) is 8.99. The smallest absolute Gasteiger partial charge is 0.225 e. The molecule has 0 spiro atoms. The first-order valence-corrected chi connectivity index (χ1v) is 6.48. The molecule has 2 rings (SSSR count). The third kappa shape index (κ3) is 2.79. The SMILES string of the molecule is CC(C)(C)c1cnc(N2CCCC(C#N)C2)nc1. The van der Waals surface area contributed by atoms with Gasteiger partial charge in [-0.3, -0.25) is 0 Å². The molecule has 1 atom stereocenters. The van der Waals surface area contributed by atoms with Crippen LogP contribution in [0.3, 0.4) is 0 Å². The molecule has 0 aliphatic carbocycles. The van der Waals surface area contributed by atoms with Crippen LogP contribution in [0.1, 0.15) is 39.2 Å². The Bertz CT molecular complexity index is 438. The van der Waals surface area contributed by atoms with Gasteiger partial charge in [-0.15, -0.1) is 0 Å². The van der Waals surface area contributed by atoms with E-state index in [1.165, 1.54) is 0 Å². The Morgan fingerprint density at radius 3 is 2.56 bits per heavy atom. The highest BCUT2D eigenvalue weighted by Gasteiger charge is 2.22. The van der Waals surface area contributed by atoms with Gasteiger partial charge in [-0.1, -0.05) is 20.8 Å². The standard InChI is InChI=1S/C14H20N4/c1-14(2,3)12-8-16-13(17-9-12)18-6-4-5-11(7-15)10-18/h8-9,11H,4-6,10H2,1-3H3. The van der Waals surface area contributed by atoms with Crippen molar-refractivity contribution in [2.75, 3.05) is 18.0 Å². The van der Waals surface area contributed by atoms with Gasteiger partial charge in [0.2, 0.25) is 5.95 Å². The number of aromatic nitrogens is 2. The number of hydrogen-bond donors (Lipinski definition) is 0. The van der Waals surface area contributed by atoms with Crippen LogP contribution in [0.4, 0.5) is 5.95 Å². The van der Waals surface area contributed by atoms with E-state index in [4.69, 9.17) is 5.26 Å². The van der Waals surface area contributed by atoms with E-state index in [1.54, 1.807) is 0 Å². The second-order valence-corrected chi connectivity index (χ2v) is 5.94. The number of nitrogens with zero attached hydrogens (tertiary/aromatic N) is 4. The molecule has 1 fully saturated rings. The Balaban J connectivity index is 2.12. The van der Waals surface area contributed by atoms with E-state index < -0.39 is 0 Å². The van der Waals surface area contributed by atoms with Crippen molar-refractivity contribution < 1.29 is 0 Å². The highest BCUT2D eigenvalue weighted by Crippen LogP contribution is 2.23. The largest absolute Gasteiger partial charge is 0.340 e. The van der Waals surface area contributed by atoms with Crippen molar-refractivity contribution in [3.8, 4) is 6.07 Å². The fraction of sp³-hybridized carbons (Fsp3) is 0.643. The van der Waals surface area contributed by atoms with Crippen LogP contribution in [0.2, 0.25) is 0 Å². The molecule has 0 radical (unpaired) electrons. The summed E-state index contributed by atoms with van der Waals surface area (Å²) in [6, 6.07) is 2.34. The third-order valence-electron chi connectivity index (χ3n) is 3.39.